The lowest BCUT2D eigenvalue weighted by molar-refractivity contribution is 0.658. The average molecular weight is 659 g/mol. The van der Waals surface area contributed by atoms with Crippen molar-refractivity contribution in [3.63, 3.8) is 0 Å². The topological polar surface area (TPSA) is 45.4 Å². The van der Waals surface area contributed by atoms with E-state index in [0.717, 1.165) is 40.0 Å². The normalized spacial score (nSPS) is 20.4. The summed E-state index contributed by atoms with van der Waals surface area (Å²) >= 11 is 1.90. The minimum Gasteiger partial charge on any atom is -0.450 e. The number of fused-ring (bicyclic) bond motifs is 7. The first-order valence-electron chi connectivity index (χ1n) is 17.4. The van der Waals surface area contributed by atoms with Crippen molar-refractivity contribution in [2.45, 2.75) is 24.4 Å². The monoisotopic (exact) mass is 658 g/mol. The lowest BCUT2D eigenvalue weighted by atomic mass is 9.89. The number of allylic oxidation sites excluding steroid dienone is 2. The molecule has 234 valence electrons. The van der Waals surface area contributed by atoms with Gasteiger partial charge in [0.1, 0.15) is 11.1 Å². The van der Waals surface area contributed by atoms with E-state index in [1.165, 1.54) is 64.1 Å². The molecule has 6 heteroatoms. The van der Waals surface area contributed by atoms with Crippen LogP contribution in [0.3, 0.4) is 0 Å². The van der Waals surface area contributed by atoms with E-state index < -0.39 is 0 Å². The second-order valence-electron chi connectivity index (χ2n) is 14.0. The zero-order valence-corrected chi connectivity index (χ0v) is 27.5. The molecule has 3 atom stereocenters. The number of rotatable bonds is 2. The lowest BCUT2D eigenvalue weighted by Gasteiger charge is -2.30. The maximum absolute atomic E-state index is 6.70. The Labute approximate surface area is 290 Å². The third-order valence-electron chi connectivity index (χ3n) is 11.6. The lowest BCUT2D eigenvalue weighted by Crippen LogP contribution is -2.40. The van der Waals surface area contributed by atoms with Crippen molar-refractivity contribution in [1.29, 1.82) is 0 Å². The minimum atomic E-state index is 0.0631. The van der Waals surface area contributed by atoms with Gasteiger partial charge >= 0.3 is 0 Å². The van der Waals surface area contributed by atoms with E-state index in [2.05, 4.69) is 125 Å². The summed E-state index contributed by atoms with van der Waals surface area (Å²) in [5, 5.41) is 6.43. The average Bonchev–Trinajstić information content (AvgIpc) is 3.89. The third kappa shape index (κ3) is 3.02. The summed E-state index contributed by atoms with van der Waals surface area (Å²) in [6.45, 7) is 0. The van der Waals surface area contributed by atoms with Crippen molar-refractivity contribution in [1.82, 2.24) is 9.97 Å². The number of aromatic nitrogens is 2. The smallest absolute Gasteiger partial charge is 0.233 e. The summed E-state index contributed by atoms with van der Waals surface area (Å²) in [4.78, 5) is 15.9. The van der Waals surface area contributed by atoms with Gasteiger partial charge in [-0.25, -0.2) is 4.98 Å². The molecule has 0 amide bonds. The molecular weight excluding hydrogens is 633 g/mol. The van der Waals surface area contributed by atoms with E-state index in [1.807, 2.05) is 23.5 Å². The van der Waals surface area contributed by atoms with Crippen LogP contribution in [0.1, 0.15) is 23.5 Å². The maximum atomic E-state index is 6.70. The molecule has 0 fully saturated rings. The molecule has 5 heterocycles. The number of para-hydroxylation sites is 2. The van der Waals surface area contributed by atoms with Gasteiger partial charge in [-0.2, -0.15) is 4.98 Å². The van der Waals surface area contributed by atoms with Gasteiger partial charge in [-0.3, -0.25) is 0 Å². The van der Waals surface area contributed by atoms with Gasteiger partial charge in [0, 0.05) is 42.7 Å². The number of thiophene rings is 1. The fourth-order valence-electron chi connectivity index (χ4n) is 9.70. The second kappa shape index (κ2) is 8.97. The van der Waals surface area contributed by atoms with Gasteiger partial charge in [0.2, 0.25) is 5.95 Å². The van der Waals surface area contributed by atoms with Gasteiger partial charge < -0.3 is 14.2 Å². The Morgan fingerprint density at radius 1 is 0.720 bits per heavy atom. The Kier molecular flexibility index (Phi) is 4.66. The Morgan fingerprint density at radius 2 is 1.58 bits per heavy atom. The van der Waals surface area contributed by atoms with Crippen LogP contribution in [0.25, 0.3) is 65.0 Å². The number of benzene rings is 5. The number of anilines is 4. The van der Waals surface area contributed by atoms with Crippen LogP contribution in [-0.2, 0) is 0 Å². The van der Waals surface area contributed by atoms with Crippen LogP contribution in [0.15, 0.2) is 126 Å². The zero-order chi connectivity index (χ0) is 32.2. The zero-order valence-electron chi connectivity index (χ0n) is 26.7. The predicted octanol–water partition coefficient (Wildman–Crippen LogP) is 9.36. The molecule has 5 aliphatic rings. The third-order valence-corrected chi connectivity index (χ3v) is 12.7. The fourth-order valence-corrected chi connectivity index (χ4v) is 10.8. The second-order valence-corrected chi connectivity index (χ2v) is 15.0. The van der Waals surface area contributed by atoms with Gasteiger partial charge in [0.05, 0.1) is 17.8 Å². The van der Waals surface area contributed by atoms with Crippen LogP contribution in [0.2, 0.25) is 0 Å². The van der Waals surface area contributed by atoms with E-state index in [4.69, 9.17) is 14.4 Å². The van der Waals surface area contributed by atoms with Gasteiger partial charge in [0.15, 0.2) is 11.4 Å². The van der Waals surface area contributed by atoms with E-state index in [0.29, 0.717) is 5.95 Å². The van der Waals surface area contributed by atoms with E-state index >= 15 is 0 Å². The number of hydrogen-bond donors (Lipinski definition) is 0. The summed E-state index contributed by atoms with van der Waals surface area (Å²) in [6.07, 6.45) is 12.2. The van der Waals surface area contributed by atoms with Crippen molar-refractivity contribution in [3.05, 3.63) is 143 Å². The van der Waals surface area contributed by atoms with Crippen LogP contribution < -0.4 is 20.2 Å². The van der Waals surface area contributed by atoms with Crippen LogP contribution in [0.5, 0.6) is 0 Å². The van der Waals surface area contributed by atoms with Crippen LogP contribution >= 0.6 is 11.3 Å². The van der Waals surface area contributed by atoms with E-state index in [-0.39, 0.29) is 18.0 Å². The summed E-state index contributed by atoms with van der Waals surface area (Å²) in [5.41, 5.74) is 11.5. The van der Waals surface area contributed by atoms with Gasteiger partial charge in [0.25, 0.3) is 0 Å². The van der Waals surface area contributed by atoms with Gasteiger partial charge in [-0.05, 0) is 75.5 Å². The molecular formula is C44H26N4OS. The standard InChI is InChI=1S/C44H26N4OS/c1-4-15-29-24(10-1)25-11-2-5-16-30(25)47(29)43-42-41(28-12-3-6-17-33(28)49-42)45-44(46-43)48-31-20-19-23-9-7-13-26-27-14-8-18-34-37(27)40-35(50-34)22-21-32(48)39(40)38(31)36(23)26/h1-19,21-22,24,29,31H,20H2. The Balaban J connectivity index is 1.15. The maximum Gasteiger partial charge on any atom is 0.233 e. The molecule has 5 nitrogen and oxygen atoms in total. The highest BCUT2D eigenvalue weighted by atomic mass is 32.1. The molecule has 13 rings (SSSR count). The summed E-state index contributed by atoms with van der Waals surface area (Å²) in [7, 11) is 0. The number of nitrogens with zero attached hydrogens (tertiary/aromatic N) is 4. The molecule has 8 aromatic rings. The first kappa shape index (κ1) is 26.0. The van der Waals surface area contributed by atoms with Crippen molar-refractivity contribution in [2.24, 2.45) is 0 Å². The molecule has 0 bridgehead atoms. The molecule has 50 heavy (non-hydrogen) atoms. The molecule has 3 aromatic heterocycles. The number of hydrogen-bond acceptors (Lipinski definition) is 6. The predicted molar refractivity (Wildman–Crippen MR) is 204 cm³/mol. The summed E-state index contributed by atoms with van der Waals surface area (Å²) in [6, 6.07) is 35.4. The molecule has 0 saturated heterocycles. The molecule has 0 spiro atoms. The molecule has 5 aromatic carbocycles. The summed E-state index contributed by atoms with van der Waals surface area (Å²) in [5.74, 6) is 1.76. The molecule has 0 radical (unpaired) electrons. The van der Waals surface area contributed by atoms with Gasteiger partial charge in [-0.1, -0.05) is 91.0 Å². The van der Waals surface area contributed by atoms with Crippen molar-refractivity contribution in [3.8, 4) is 11.1 Å². The van der Waals surface area contributed by atoms with Crippen molar-refractivity contribution >= 4 is 88.4 Å². The highest BCUT2D eigenvalue weighted by Crippen LogP contribution is 2.55. The highest BCUT2D eigenvalue weighted by molar-refractivity contribution is 7.26. The van der Waals surface area contributed by atoms with Crippen LogP contribution in [0, 0.1) is 0 Å². The molecule has 0 saturated carbocycles. The first-order chi connectivity index (χ1) is 24.8. The van der Waals surface area contributed by atoms with Crippen LogP contribution in [-0.4, -0.2) is 22.1 Å². The molecule has 0 N–H and O–H groups in total. The Bertz CT molecular complexity index is 3080. The van der Waals surface area contributed by atoms with E-state index in [1.54, 1.807) is 0 Å². The van der Waals surface area contributed by atoms with Crippen molar-refractivity contribution < 1.29 is 4.42 Å². The Hall–Kier alpha value is -5.98. The Morgan fingerprint density at radius 3 is 2.58 bits per heavy atom. The SMILES string of the molecule is C1=CC2c3ccccc3N(c3nc(N4c5ccc6sc7cccc8c7c6c5C5=c6c-8cccc6=CCC54)nc4c3oc3ccccc34)C2C=C1. The first-order valence-corrected chi connectivity index (χ1v) is 18.2. The highest BCUT2D eigenvalue weighted by Gasteiger charge is 2.43. The molecule has 3 aliphatic carbocycles. The van der Waals surface area contributed by atoms with E-state index in [9.17, 15) is 0 Å². The minimum absolute atomic E-state index is 0.0631. The largest absolute Gasteiger partial charge is 0.450 e. The molecule has 2 aliphatic heterocycles. The quantitative estimate of drug-likeness (QED) is 0.185. The molecule has 3 unspecified atom stereocenters. The fraction of sp³-hybridized carbons (Fsp3) is 0.0909. The van der Waals surface area contributed by atoms with Crippen molar-refractivity contribution in [2.75, 3.05) is 9.80 Å². The number of furan rings is 1. The van der Waals surface area contributed by atoms with Crippen LogP contribution in [0.4, 0.5) is 23.1 Å². The van der Waals surface area contributed by atoms with Gasteiger partial charge in [-0.15, -0.1) is 11.3 Å². The summed E-state index contributed by atoms with van der Waals surface area (Å²) < 4.78 is 9.36.